The lowest BCUT2D eigenvalue weighted by Gasteiger charge is -2.25. The minimum Gasteiger partial charge on any atom is -0.444 e. The van der Waals surface area contributed by atoms with Crippen LogP contribution < -0.4 is 5.73 Å². The molecule has 0 radical (unpaired) electrons. The van der Waals surface area contributed by atoms with E-state index in [0.717, 1.165) is 13.0 Å². The Labute approximate surface area is 84.4 Å². The highest BCUT2D eigenvalue weighted by molar-refractivity contribution is 5.69. The molecule has 0 aromatic carbocycles. The molecular formula is C10H18N2O2. The van der Waals surface area contributed by atoms with Gasteiger partial charge in [0.1, 0.15) is 5.60 Å². The third-order valence-electron chi connectivity index (χ3n) is 2.86. The van der Waals surface area contributed by atoms with Gasteiger partial charge in [0.25, 0.3) is 0 Å². The van der Waals surface area contributed by atoms with E-state index in [0.29, 0.717) is 12.5 Å². The molecule has 4 nitrogen and oxygen atoms in total. The van der Waals surface area contributed by atoms with Gasteiger partial charge in [-0.3, -0.25) is 0 Å². The van der Waals surface area contributed by atoms with Gasteiger partial charge in [-0.25, -0.2) is 4.79 Å². The number of ether oxygens (including phenoxy) is 1. The molecule has 0 spiro atoms. The largest absolute Gasteiger partial charge is 0.444 e. The van der Waals surface area contributed by atoms with Crippen molar-refractivity contribution in [1.29, 1.82) is 0 Å². The lowest BCUT2D eigenvalue weighted by molar-refractivity contribution is 0.0271. The first-order valence-corrected chi connectivity index (χ1v) is 5.07. The molecule has 4 heteroatoms. The summed E-state index contributed by atoms with van der Waals surface area (Å²) < 4.78 is 5.27. The second-order valence-electron chi connectivity index (χ2n) is 5.50. The average Bonchev–Trinajstić information content (AvgIpc) is 2.47. The van der Waals surface area contributed by atoms with Crippen molar-refractivity contribution in [3.8, 4) is 0 Å². The van der Waals surface area contributed by atoms with Gasteiger partial charge in [0.2, 0.25) is 0 Å². The maximum atomic E-state index is 11.6. The molecule has 1 heterocycles. The van der Waals surface area contributed by atoms with Gasteiger partial charge < -0.3 is 15.4 Å². The van der Waals surface area contributed by atoms with E-state index in [4.69, 9.17) is 10.5 Å². The molecule has 0 aromatic heterocycles. The molecule has 0 aromatic rings. The predicted octanol–water partition coefficient (Wildman–Crippen LogP) is 0.955. The van der Waals surface area contributed by atoms with Crippen molar-refractivity contribution >= 4 is 6.09 Å². The van der Waals surface area contributed by atoms with Crippen LogP contribution in [0.3, 0.4) is 0 Å². The van der Waals surface area contributed by atoms with E-state index in [1.54, 1.807) is 4.90 Å². The Morgan fingerprint density at radius 1 is 1.57 bits per heavy atom. The fourth-order valence-electron chi connectivity index (χ4n) is 1.99. The Balaban J connectivity index is 1.89. The van der Waals surface area contributed by atoms with E-state index in [1.807, 2.05) is 20.8 Å². The van der Waals surface area contributed by atoms with Crippen LogP contribution in [0.25, 0.3) is 0 Å². The Morgan fingerprint density at radius 2 is 2.21 bits per heavy atom. The van der Waals surface area contributed by atoms with Crippen molar-refractivity contribution in [2.75, 3.05) is 13.1 Å². The summed E-state index contributed by atoms with van der Waals surface area (Å²) in [5, 5.41) is 0. The first kappa shape index (κ1) is 9.77. The number of fused-ring (bicyclic) bond motifs is 1. The van der Waals surface area contributed by atoms with Crippen LogP contribution >= 0.6 is 0 Å². The molecule has 0 unspecified atom stereocenters. The highest BCUT2D eigenvalue weighted by Crippen LogP contribution is 2.47. The monoisotopic (exact) mass is 198 g/mol. The maximum Gasteiger partial charge on any atom is 0.410 e. The highest BCUT2D eigenvalue weighted by Gasteiger charge is 2.58. The smallest absolute Gasteiger partial charge is 0.410 e. The first-order chi connectivity index (χ1) is 6.30. The number of likely N-dealkylation sites (tertiary alicyclic amines) is 1. The number of amides is 1. The van der Waals surface area contributed by atoms with Crippen LogP contribution in [-0.4, -0.2) is 35.2 Å². The summed E-state index contributed by atoms with van der Waals surface area (Å²) in [6.45, 7) is 7.05. The molecule has 2 rings (SSSR count). The molecule has 2 atom stereocenters. The van der Waals surface area contributed by atoms with Crippen LogP contribution in [0.4, 0.5) is 4.79 Å². The Hall–Kier alpha value is -0.770. The Bertz CT molecular complexity index is 272. The lowest BCUT2D eigenvalue weighted by atomic mass is 10.2. The summed E-state index contributed by atoms with van der Waals surface area (Å²) in [4.78, 5) is 13.3. The van der Waals surface area contributed by atoms with Crippen LogP contribution in [0.15, 0.2) is 0 Å². The number of carbonyl (C=O) groups excluding carboxylic acids is 1. The summed E-state index contributed by atoms with van der Waals surface area (Å²) in [5.41, 5.74) is 5.50. The van der Waals surface area contributed by atoms with Gasteiger partial charge in [-0.05, 0) is 33.1 Å². The van der Waals surface area contributed by atoms with Crippen LogP contribution in [0.2, 0.25) is 0 Å². The van der Waals surface area contributed by atoms with Gasteiger partial charge >= 0.3 is 6.09 Å². The maximum absolute atomic E-state index is 11.6. The summed E-state index contributed by atoms with van der Waals surface area (Å²) in [6, 6.07) is 0. The van der Waals surface area contributed by atoms with Crippen LogP contribution in [0.5, 0.6) is 0 Å². The minimum absolute atomic E-state index is 0.0864. The predicted molar refractivity (Wildman–Crippen MR) is 52.8 cm³/mol. The second-order valence-corrected chi connectivity index (χ2v) is 5.50. The van der Waals surface area contributed by atoms with Crippen molar-refractivity contribution in [2.24, 2.45) is 11.7 Å². The molecule has 80 valence electrons. The van der Waals surface area contributed by atoms with Crippen molar-refractivity contribution < 1.29 is 9.53 Å². The number of rotatable bonds is 0. The van der Waals surface area contributed by atoms with E-state index in [1.165, 1.54) is 0 Å². The van der Waals surface area contributed by atoms with Gasteiger partial charge in [-0.1, -0.05) is 0 Å². The summed E-state index contributed by atoms with van der Waals surface area (Å²) >= 11 is 0. The zero-order valence-electron chi connectivity index (χ0n) is 9.04. The topological polar surface area (TPSA) is 55.6 Å². The third-order valence-corrected chi connectivity index (χ3v) is 2.86. The number of carbonyl (C=O) groups is 1. The standard InChI is InChI=1S/C10H18N2O2/c1-9(2,3)14-8(13)12-5-7-4-10(7,11)6-12/h7H,4-6,11H2,1-3H3/t7-,10-/m1/s1. The average molecular weight is 198 g/mol. The normalized spacial score (nSPS) is 35.4. The van der Waals surface area contributed by atoms with Gasteiger partial charge in [0, 0.05) is 18.6 Å². The van der Waals surface area contributed by atoms with Crippen molar-refractivity contribution in [3.05, 3.63) is 0 Å². The second kappa shape index (κ2) is 2.63. The quantitative estimate of drug-likeness (QED) is 0.630. The lowest BCUT2D eigenvalue weighted by Crippen LogP contribution is -2.40. The van der Waals surface area contributed by atoms with Crippen LogP contribution in [0, 0.1) is 5.92 Å². The fraction of sp³-hybridized carbons (Fsp3) is 0.900. The zero-order valence-corrected chi connectivity index (χ0v) is 9.04. The number of piperidine rings is 1. The van der Waals surface area contributed by atoms with Gasteiger partial charge in [-0.15, -0.1) is 0 Å². The molecule has 0 bridgehead atoms. The molecule has 2 N–H and O–H groups in total. The van der Waals surface area contributed by atoms with Crippen LogP contribution in [-0.2, 0) is 4.74 Å². The Morgan fingerprint density at radius 3 is 2.64 bits per heavy atom. The van der Waals surface area contributed by atoms with E-state index in [-0.39, 0.29) is 11.6 Å². The van der Waals surface area contributed by atoms with Gasteiger partial charge in [0.15, 0.2) is 0 Å². The number of hydrogen-bond acceptors (Lipinski definition) is 3. The van der Waals surface area contributed by atoms with E-state index < -0.39 is 5.60 Å². The number of nitrogens with zero attached hydrogens (tertiary/aromatic N) is 1. The SMILES string of the molecule is CC(C)(C)OC(=O)N1C[C@H]2C[C@@]2(N)C1. The van der Waals surface area contributed by atoms with E-state index in [2.05, 4.69) is 0 Å². The number of nitrogens with two attached hydrogens (primary N) is 1. The van der Waals surface area contributed by atoms with Crippen molar-refractivity contribution in [2.45, 2.75) is 38.3 Å². The molecule has 2 aliphatic rings. The van der Waals surface area contributed by atoms with E-state index >= 15 is 0 Å². The summed E-state index contributed by atoms with van der Waals surface area (Å²) in [5.74, 6) is 0.509. The summed E-state index contributed by atoms with van der Waals surface area (Å²) in [6.07, 6.45) is 0.835. The van der Waals surface area contributed by atoms with Crippen molar-refractivity contribution in [3.63, 3.8) is 0 Å². The minimum atomic E-state index is -0.411. The molecule has 1 saturated heterocycles. The third kappa shape index (κ3) is 1.71. The van der Waals surface area contributed by atoms with Crippen molar-refractivity contribution in [1.82, 2.24) is 4.90 Å². The molecule has 1 aliphatic carbocycles. The first-order valence-electron chi connectivity index (χ1n) is 5.07. The van der Waals surface area contributed by atoms with E-state index in [9.17, 15) is 4.79 Å². The zero-order chi connectivity index (χ0) is 10.6. The van der Waals surface area contributed by atoms with Gasteiger partial charge in [-0.2, -0.15) is 0 Å². The molecule has 14 heavy (non-hydrogen) atoms. The molecule has 1 amide bonds. The molecular weight excluding hydrogens is 180 g/mol. The Kier molecular flexibility index (Phi) is 1.83. The fourth-order valence-corrected chi connectivity index (χ4v) is 1.99. The summed E-state index contributed by atoms with van der Waals surface area (Å²) in [7, 11) is 0. The number of hydrogen-bond donors (Lipinski definition) is 1. The highest BCUT2D eigenvalue weighted by atomic mass is 16.6. The molecule has 1 aliphatic heterocycles. The van der Waals surface area contributed by atoms with Crippen LogP contribution in [0.1, 0.15) is 27.2 Å². The molecule has 1 saturated carbocycles. The molecule has 2 fully saturated rings. The van der Waals surface area contributed by atoms with Gasteiger partial charge in [0.05, 0.1) is 0 Å².